The Morgan fingerprint density at radius 2 is 2.20 bits per heavy atom. The highest BCUT2D eigenvalue weighted by Crippen LogP contribution is 2.48. The van der Waals surface area contributed by atoms with Crippen molar-refractivity contribution in [2.75, 3.05) is 11.5 Å². The van der Waals surface area contributed by atoms with E-state index < -0.39 is 0 Å². The quantitative estimate of drug-likeness (QED) is 0.783. The van der Waals surface area contributed by atoms with Crippen LogP contribution in [0.3, 0.4) is 0 Å². The lowest BCUT2D eigenvalue weighted by atomic mass is 10.2. The van der Waals surface area contributed by atoms with Gasteiger partial charge < -0.3 is 4.74 Å². The number of carbonyl (C=O) groups is 1. The first kappa shape index (κ1) is 9.21. The van der Waals surface area contributed by atoms with Gasteiger partial charge in [0.05, 0.1) is 5.54 Å². The van der Waals surface area contributed by atoms with Gasteiger partial charge in [-0.25, -0.2) is 4.79 Å². The highest BCUT2D eigenvalue weighted by molar-refractivity contribution is 9.10. The Morgan fingerprint density at radius 1 is 1.40 bits per heavy atom. The van der Waals surface area contributed by atoms with Crippen LogP contribution in [-0.2, 0) is 4.74 Å². The predicted octanol–water partition coefficient (Wildman–Crippen LogP) is 2.94. The third kappa shape index (κ3) is 1.35. The number of amides is 1. The largest absolute Gasteiger partial charge is 0.447 e. The van der Waals surface area contributed by atoms with Crippen molar-refractivity contribution in [1.29, 1.82) is 0 Å². The molecule has 1 aliphatic heterocycles. The molecule has 1 saturated carbocycles. The summed E-state index contributed by atoms with van der Waals surface area (Å²) in [5.74, 6) is 0. The van der Waals surface area contributed by atoms with Gasteiger partial charge in [0.25, 0.3) is 0 Å². The van der Waals surface area contributed by atoms with Crippen molar-refractivity contribution in [2.45, 2.75) is 18.4 Å². The summed E-state index contributed by atoms with van der Waals surface area (Å²) in [5.41, 5.74) is 0.891. The Bertz CT molecular complexity index is 428. The average Bonchev–Trinajstić information content (AvgIpc) is 2.88. The van der Waals surface area contributed by atoms with E-state index in [-0.39, 0.29) is 11.6 Å². The summed E-state index contributed by atoms with van der Waals surface area (Å²) < 4.78 is 6.09. The Balaban J connectivity index is 2.02. The van der Waals surface area contributed by atoms with Crippen LogP contribution < -0.4 is 4.90 Å². The van der Waals surface area contributed by atoms with Crippen molar-refractivity contribution in [3.8, 4) is 0 Å². The van der Waals surface area contributed by atoms with Crippen LogP contribution in [0.15, 0.2) is 28.7 Å². The van der Waals surface area contributed by atoms with Crippen molar-refractivity contribution < 1.29 is 9.53 Å². The smallest absolute Gasteiger partial charge is 0.415 e. The zero-order valence-electron chi connectivity index (χ0n) is 8.07. The lowest BCUT2D eigenvalue weighted by Gasteiger charge is -2.20. The zero-order valence-corrected chi connectivity index (χ0v) is 9.66. The van der Waals surface area contributed by atoms with Crippen molar-refractivity contribution in [1.82, 2.24) is 0 Å². The van der Waals surface area contributed by atoms with E-state index in [0.29, 0.717) is 6.61 Å². The molecule has 2 aliphatic rings. The van der Waals surface area contributed by atoms with Gasteiger partial charge in [-0.05, 0) is 31.0 Å². The van der Waals surface area contributed by atoms with Crippen LogP contribution in [0.4, 0.5) is 10.5 Å². The van der Waals surface area contributed by atoms with E-state index in [1.54, 1.807) is 4.90 Å². The number of cyclic esters (lactones) is 1. The van der Waals surface area contributed by atoms with E-state index in [9.17, 15) is 4.79 Å². The number of ether oxygens (including phenoxy) is 1. The van der Waals surface area contributed by atoms with Gasteiger partial charge in [0.1, 0.15) is 6.61 Å². The van der Waals surface area contributed by atoms with Crippen LogP contribution in [0.2, 0.25) is 0 Å². The number of nitrogens with zero attached hydrogens (tertiary/aromatic N) is 1. The summed E-state index contributed by atoms with van der Waals surface area (Å²) in [4.78, 5) is 13.4. The van der Waals surface area contributed by atoms with E-state index in [2.05, 4.69) is 15.9 Å². The first-order valence-electron chi connectivity index (χ1n) is 4.94. The fraction of sp³-hybridized carbons (Fsp3) is 0.364. The average molecular weight is 268 g/mol. The maximum atomic E-state index is 11.6. The SMILES string of the molecule is O=C1OCC2(CC2)N1c1cccc(Br)c1. The number of hydrogen-bond donors (Lipinski definition) is 0. The van der Waals surface area contributed by atoms with E-state index in [0.717, 1.165) is 23.0 Å². The van der Waals surface area contributed by atoms with Crippen molar-refractivity contribution in [2.24, 2.45) is 0 Å². The van der Waals surface area contributed by atoms with Gasteiger partial charge in [0, 0.05) is 10.2 Å². The molecule has 1 heterocycles. The Hall–Kier alpha value is -1.03. The highest BCUT2D eigenvalue weighted by Gasteiger charge is 2.57. The second-order valence-corrected chi connectivity index (χ2v) is 5.01. The highest BCUT2D eigenvalue weighted by atomic mass is 79.9. The second-order valence-electron chi connectivity index (χ2n) is 4.09. The number of anilines is 1. The van der Waals surface area contributed by atoms with Gasteiger partial charge in [0.2, 0.25) is 0 Å². The van der Waals surface area contributed by atoms with Gasteiger partial charge >= 0.3 is 6.09 Å². The summed E-state index contributed by atoms with van der Waals surface area (Å²) in [6.07, 6.45) is 1.88. The number of halogens is 1. The second kappa shape index (κ2) is 2.98. The molecule has 1 aliphatic carbocycles. The molecule has 1 amide bonds. The van der Waals surface area contributed by atoms with Gasteiger partial charge in [0.15, 0.2) is 0 Å². The van der Waals surface area contributed by atoms with E-state index in [1.165, 1.54) is 0 Å². The summed E-state index contributed by atoms with van der Waals surface area (Å²) in [6, 6.07) is 7.77. The molecule has 0 radical (unpaired) electrons. The first-order chi connectivity index (χ1) is 7.21. The molecule has 4 heteroatoms. The van der Waals surface area contributed by atoms with Crippen molar-refractivity contribution in [3.63, 3.8) is 0 Å². The Kier molecular flexibility index (Phi) is 1.83. The number of rotatable bonds is 1. The summed E-state index contributed by atoms with van der Waals surface area (Å²) in [7, 11) is 0. The van der Waals surface area contributed by atoms with Gasteiger partial charge in [-0.2, -0.15) is 0 Å². The summed E-state index contributed by atoms with van der Waals surface area (Å²) >= 11 is 3.41. The monoisotopic (exact) mass is 267 g/mol. The molecule has 3 rings (SSSR count). The van der Waals surface area contributed by atoms with E-state index in [1.807, 2.05) is 24.3 Å². The molecule has 0 unspecified atom stereocenters. The molecule has 1 spiro atoms. The van der Waals surface area contributed by atoms with Gasteiger partial charge in [-0.3, -0.25) is 4.90 Å². The van der Waals surface area contributed by atoms with Crippen LogP contribution in [0, 0.1) is 0 Å². The van der Waals surface area contributed by atoms with Gasteiger partial charge in [-0.1, -0.05) is 22.0 Å². The number of carbonyl (C=O) groups excluding carboxylic acids is 1. The summed E-state index contributed by atoms with van der Waals surface area (Å²) in [5, 5.41) is 0. The van der Waals surface area contributed by atoms with Crippen molar-refractivity contribution in [3.05, 3.63) is 28.7 Å². The van der Waals surface area contributed by atoms with Crippen LogP contribution in [0.5, 0.6) is 0 Å². The fourth-order valence-electron chi connectivity index (χ4n) is 2.03. The van der Waals surface area contributed by atoms with Crippen LogP contribution in [-0.4, -0.2) is 18.2 Å². The molecule has 1 saturated heterocycles. The first-order valence-corrected chi connectivity index (χ1v) is 5.73. The lowest BCUT2D eigenvalue weighted by molar-refractivity contribution is 0.178. The standard InChI is InChI=1S/C11H10BrNO2/c12-8-2-1-3-9(6-8)13-10(14)15-7-11(13)4-5-11/h1-3,6H,4-5,7H2. The minimum Gasteiger partial charge on any atom is -0.447 e. The molecule has 0 N–H and O–H groups in total. The minimum absolute atomic E-state index is 0.0299. The predicted molar refractivity (Wildman–Crippen MR) is 59.9 cm³/mol. The number of benzene rings is 1. The zero-order chi connectivity index (χ0) is 10.5. The third-order valence-corrected chi connectivity index (χ3v) is 3.51. The van der Waals surface area contributed by atoms with Crippen LogP contribution in [0.1, 0.15) is 12.8 Å². The van der Waals surface area contributed by atoms with E-state index >= 15 is 0 Å². The molecule has 1 aromatic carbocycles. The number of hydrogen-bond acceptors (Lipinski definition) is 2. The Morgan fingerprint density at radius 3 is 2.87 bits per heavy atom. The Labute approximate surface area is 96.1 Å². The molecule has 3 nitrogen and oxygen atoms in total. The molecule has 78 valence electrons. The molecule has 1 aromatic rings. The fourth-order valence-corrected chi connectivity index (χ4v) is 2.41. The molecule has 0 bridgehead atoms. The third-order valence-electron chi connectivity index (χ3n) is 3.01. The normalized spacial score (nSPS) is 21.9. The minimum atomic E-state index is -0.217. The van der Waals surface area contributed by atoms with Crippen molar-refractivity contribution >= 4 is 27.7 Å². The summed E-state index contributed by atoms with van der Waals surface area (Å²) in [6.45, 7) is 0.540. The van der Waals surface area contributed by atoms with Crippen LogP contribution >= 0.6 is 15.9 Å². The molecule has 0 aromatic heterocycles. The maximum absolute atomic E-state index is 11.6. The molecule has 2 fully saturated rings. The van der Waals surface area contributed by atoms with Crippen LogP contribution in [0.25, 0.3) is 0 Å². The van der Waals surface area contributed by atoms with E-state index in [4.69, 9.17) is 4.74 Å². The molecular weight excluding hydrogens is 258 g/mol. The van der Waals surface area contributed by atoms with Gasteiger partial charge in [-0.15, -0.1) is 0 Å². The lowest BCUT2D eigenvalue weighted by Crippen LogP contribution is -2.35. The molecule has 0 atom stereocenters. The molecule has 15 heavy (non-hydrogen) atoms. The topological polar surface area (TPSA) is 29.5 Å². The maximum Gasteiger partial charge on any atom is 0.415 e. The molecular formula is C11H10BrNO2.